The molecule has 0 unspecified atom stereocenters. The lowest BCUT2D eigenvalue weighted by Gasteiger charge is -2.31. The number of nitrogens with two attached hydrogens (primary N) is 1. The van der Waals surface area contributed by atoms with Crippen molar-refractivity contribution in [3.63, 3.8) is 0 Å². The van der Waals surface area contributed by atoms with Gasteiger partial charge < -0.3 is 29.6 Å². The normalized spacial score (nSPS) is 15.4. The Morgan fingerprint density at radius 2 is 1.77 bits per heavy atom. The smallest absolute Gasteiger partial charge is 0.335 e. The molecule has 0 bridgehead atoms. The number of carboxylic acids is 1. The predicted octanol–water partition coefficient (Wildman–Crippen LogP) is 3.89. The molecule has 0 aliphatic carbocycles. The Morgan fingerprint density at radius 1 is 1.05 bits per heavy atom. The summed E-state index contributed by atoms with van der Waals surface area (Å²) in [5.74, 6) is -3.72. The maximum Gasteiger partial charge on any atom is 0.335 e. The van der Waals surface area contributed by atoms with E-state index in [0.29, 0.717) is 35.6 Å². The fourth-order valence-corrected chi connectivity index (χ4v) is 4.60. The van der Waals surface area contributed by atoms with Gasteiger partial charge in [-0.2, -0.15) is 4.98 Å². The minimum atomic E-state index is -1.30. The van der Waals surface area contributed by atoms with Crippen molar-refractivity contribution in [3.05, 3.63) is 77.3 Å². The number of hydrogen-bond donors (Lipinski definition) is 2. The summed E-state index contributed by atoms with van der Waals surface area (Å²) in [5.41, 5.74) is 7.50. The molecule has 6 rings (SSSR count). The van der Waals surface area contributed by atoms with Gasteiger partial charge in [-0.25, -0.2) is 27.9 Å². The second-order valence-corrected chi connectivity index (χ2v) is 10.0. The van der Waals surface area contributed by atoms with Crippen LogP contribution in [-0.4, -0.2) is 67.9 Å². The lowest BCUT2D eigenvalue weighted by atomic mass is 10.1. The number of imidazole rings is 1. The van der Waals surface area contributed by atoms with E-state index in [9.17, 15) is 23.1 Å². The van der Waals surface area contributed by atoms with Gasteiger partial charge in [0.1, 0.15) is 18.5 Å². The number of aromatic carboxylic acids is 1. The second-order valence-electron chi connectivity index (χ2n) is 10.0. The van der Waals surface area contributed by atoms with Gasteiger partial charge >= 0.3 is 5.97 Å². The molecule has 0 spiro atoms. The number of carbonyl (C=O) groups is 1. The van der Waals surface area contributed by atoms with Crippen LogP contribution in [0.3, 0.4) is 0 Å². The molecular weight excluding hydrogens is 569 g/mol. The van der Waals surface area contributed by atoms with Crippen LogP contribution in [0.15, 0.2) is 42.6 Å². The average Bonchev–Trinajstić information content (AvgIpc) is 3.30. The molecule has 2 aliphatic heterocycles. The third-order valence-electron chi connectivity index (χ3n) is 7.03. The first-order valence-corrected chi connectivity index (χ1v) is 13.8. The molecule has 2 aromatic heterocycles. The molecule has 3 N–H and O–H groups in total. The molecule has 2 fully saturated rings. The highest BCUT2D eigenvalue weighted by atomic mass is 19.2. The maximum atomic E-state index is 13.8. The summed E-state index contributed by atoms with van der Waals surface area (Å²) in [6.07, 6.45) is 4.11. The summed E-state index contributed by atoms with van der Waals surface area (Å²) < 4.78 is 58.1. The maximum absolute atomic E-state index is 13.8. The molecule has 0 atom stereocenters. The van der Waals surface area contributed by atoms with E-state index in [1.807, 2.05) is 4.57 Å². The number of halogens is 3. The molecule has 0 radical (unpaired) electrons. The average molecular weight is 601 g/mol. The van der Waals surface area contributed by atoms with Crippen molar-refractivity contribution in [1.29, 1.82) is 0 Å². The number of hydrogen-bond acceptors (Lipinski definition) is 9. The lowest BCUT2D eigenvalue weighted by molar-refractivity contribution is 0.0367. The van der Waals surface area contributed by atoms with Crippen LogP contribution in [0.1, 0.15) is 41.3 Å². The van der Waals surface area contributed by atoms with E-state index in [1.54, 1.807) is 18.2 Å². The van der Waals surface area contributed by atoms with Crippen LogP contribution >= 0.6 is 0 Å². The van der Waals surface area contributed by atoms with E-state index in [1.165, 1.54) is 18.7 Å². The van der Waals surface area contributed by atoms with E-state index in [4.69, 9.17) is 19.9 Å². The van der Waals surface area contributed by atoms with Crippen LogP contribution in [0.2, 0.25) is 0 Å². The number of benzene rings is 2. The number of rotatable bonds is 9. The van der Waals surface area contributed by atoms with Gasteiger partial charge in [0.2, 0.25) is 5.88 Å². The standard InChI is InChI=1S/C26H25F3N6O4.C3H6O/c27-17-10-19(29)22(11-18(17)28)38-13-23-31-6-3-25(33-23)39-16-4-7-34(8-5-16)12-24-32-20-2-1-15(26(36)37)9-21(20)35(24)14-30;1-2-4-3-1/h1-3,6,9-11,16H,4-5,7-8,12-14,30H2,(H,36,37);1-3H2. The molecule has 43 heavy (non-hydrogen) atoms. The van der Waals surface area contributed by atoms with Crippen LogP contribution < -0.4 is 15.2 Å². The minimum absolute atomic E-state index is 0.0972. The van der Waals surface area contributed by atoms with Crippen molar-refractivity contribution in [2.75, 3.05) is 26.3 Å². The number of piperidine rings is 1. The summed E-state index contributed by atoms with van der Waals surface area (Å²) in [5, 5.41) is 9.29. The zero-order valence-electron chi connectivity index (χ0n) is 23.2. The monoisotopic (exact) mass is 600 g/mol. The van der Waals surface area contributed by atoms with E-state index < -0.39 is 29.2 Å². The van der Waals surface area contributed by atoms with Crippen molar-refractivity contribution >= 4 is 17.0 Å². The van der Waals surface area contributed by atoms with E-state index in [2.05, 4.69) is 19.9 Å². The summed E-state index contributed by atoms with van der Waals surface area (Å²) in [6.45, 7) is 3.94. The van der Waals surface area contributed by atoms with Crippen LogP contribution in [0, 0.1) is 17.5 Å². The Hall–Kier alpha value is -4.27. The molecule has 0 amide bonds. The Morgan fingerprint density at radius 3 is 2.44 bits per heavy atom. The number of aromatic nitrogens is 4. The molecule has 2 saturated heterocycles. The molecule has 14 heteroatoms. The molecule has 4 aromatic rings. The van der Waals surface area contributed by atoms with Gasteiger partial charge in [0, 0.05) is 50.7 Å². The molecule has 0 saturated carbocycles. The summed E-state index contributed by atoms with van der Waals surface area (Å²) in [4.78, 5) is 26.5. The SMILES string of the molecule is C1COC1.NCn1c(CN2CCC(Oc3ccnc(COc4cc(F)c(F)cc4F)n3)CC2)nc2ccc(C(=O)O)cc21. The van der Waals surface area contributed by atoms with E-state index >= 15 is 0 Å². The third-order valence-corrected chi connectivity index (χ3v) is 7.03. The van der Waals surface area contributed by atoms with Gasteiger partial charge in [0.25, 0.3) is 0 Å². The Labute approximate surface area is 245 Å². The highest BCUT2D eigenvalue weighted by Gasteiger charge is 2.23. The minimum Gasteiger partial charge on any atom is -0.482 e. The number of carboxylic acid groups (broad SMARTS) is 1. The first kappa shape index (κ1) is 30.2. The fourth-order valence-electron chi connectivity index (χ4n) is 4.60. The van der Waals surface area contributed by atoms with Crippen molar-refractivity contribution in [1.82, 2.24) is 24.4 Å². The summed E-state index contributed by atoms with van der Waals surface area (Å²) >= 11 is 0. The first-order valence-electron chi connectivity index (χ1n) is 13.8. The lowest BCUT2D eigenvalue weighted by Crippen LogP contribution is -2.38. The quantitative estimate of drug-likeness (QED) is 0.272. The summed E-state index contributed by atoms with van der Waals surface area (Å²) in [6, 6.07) is 7.44. The van der Waals surface area contributed by atoms with Gasteiger partial charge in [0.15, 0.2) is 29.0 Å². The molecule has 228 valence electrons. The Kier molecular flexibility index (Phi) is 9.69. The Balaban J connectivity index is 0.000000850. The second kappa shape index (κ2) is 13.8. The highest BCUT2D eigenvalue weighted by molar-refractivity contribution is 5.92. The van der Waals surface area contributed by atoms with E-state index in [-0.39, 0.29) is 30.8 Å². The van der Waals surface area contributed by atoms with Crippen LogP contribution in [0.4, 0.5) is 13.2 Å². The van der Waals surface area contributed by atoms with Crippen molar-refractivity contribution in [2.24, 2.45) is 5.73 Å². The van der Waals surface area contributed by atoms with Gasteiger partial charge in [0.05, 0.1) is 29.8 Å². The number of ether oxygens (including phenoxy) is 3. The van der Waals surface area contributed by atoms with Gasteiger partial charge in [-0.1, -0.05) is 0 Å². The third kappa shape index (κ3) is 7.58. The van der Waals surface area contributed by atoms with Crippen LogP contribution in [-0.2, 0) is 24.6 Å². The number of nitrogens with zero attached hydrogens (tertiary/aromatic N) is 5. The number of fused-ring (bicyclic) bond motifs is 1. The Bertz CT molecular complexity index is 1570. The highest BCUT2D eigenvalue weighted by Crippen LogP contribution is 2.24. The molecule has 4 heterocycles. The molecular formula is C29H31F3N6O5. The van der Waals surface area contributed by atoms with Crippen molar-refractivity contribution in [2.45, 2.75) is 45.2 Å². The first-order chi connectivity index (χ1) is 20.8. The molecule has 11 nitrogen and oxygen atoms in total. The number of likely N-dealkylation sites (tertiary alicyclic amines) is 1. The van der Waals surface area contributed by atoms with Crippen molar-refractivity contribution in [3.8, 4) is 11.6 Å². The topological polar surface area (TPSA) is 138 Å². The zero-order valence-corrected chi connectivity index (χ0v) is 23.2. The predicted molar refractivity (Wildman–Crippen MR) is 148 cm³/mol. The largest absolute Gasteiger partial charge is 0.482 e. The summed E-state index contributed by atoms with van der Waals surface area (Å²) in [7, 11) is 0. The molecule has 2 aliphatic rings. The van der Waals surface area contributed by atoms with Crippen LogP contribution in [0.25, 0.3) is 11.0 Å². The zero-order chi connectivity index (χ0) is 30.3. The van der Waals surface area contributed by atoms with Crippen LogP contribution in [0.5, 0.6) is 11.6 Å². The van der Waals surface area contributed by atoms with Gasteiger partial charge in [-0.15, -0.1) is 0 Å². The van der Waals surface area contributed by atoms with Gasteiger partial charge in [-0.05, 0) is 37.5 Å². The van der Waals surface area contributed by atoms with E-state index in [0.717, 1.165) is 45.0 Å². The molecule has 2 aromatic carbocycles. The van der Waals surface area contributed by atoms with Gasteiger partial charge in [-0.3, -0.25) is 4.90 Å². The van der Waals surface area contributed by atoms with Crippen molar-refractivity contribution < 1.29 is 37.3 Å². The fraction of sp³-hybridized carbons (Fsp3) is 0.379.